The van der Waals surface area contributed by atoms with Crippen LogP contribution in [0.3, 0.4) is 0 Å². The molecule has 1 aliphatic carbocycles. The summed E-state index contributed by atoms with van der Waals surface area (Å²) in [5.41, 5.74) is 8.92. The number of rotatable bonds is 15. The van der Waals surface area contributed by atoms with E-state index in [-0.39, 0.29) is 22.3 Å². The molecule has 5 rings (SSSR count). The molecule has 0 saturated heterocycles. The molecule has 0 saturated carbocycles. The van der Waals surface area contributed by atoms with Crippen molar-refractivity contribution in [2.45, 2.75) is 96.3 Å². The van der Waals surface area contributed by atoms with Gasteiger partial charge in [-0.1, -0.05) is 80.4 Å². The summed E-state index contributed by atoms with van der Waals surface area (Å²) in [5, 5.41) is 0.783. The van der Waals surface area contributed by atoms with Gasteiger partial charge in [-0.2, -0.15) is 21.4 Å². The summed E-state index contributed by atoms with van der Waals surface area (Å²) in [6.07, 6.45) is 15.3. The van der Waals surface area contributed by atoms with Gasteiger partial charge in [-0.05, 0) is 87.6 Å². The van der Waals surface area contributed by atoms with Crippen molar-refractivity contribution in [3.63, 3.8) is 0 Å². The predicted octanol–water partition coefficient (Wildman–Crippen LogP) is 9.02. The summed E-state index contributed by atoms with van der Waals surface area (Å²) >= 11 is 7.18. The Morgan fingerprint density at radius 3 is 2.08 bits per heavy atom. The Labute approximate surface area is 309 Å². The highest BCUT2D eigenvalue weighted by Crippen LogP contribution is 2.48. The summed E-state index contributed by atoms with van der Waals surface area (Å²) < 4.78 is 65.4. The first kappa shape index (κ1) is 39.2. The second-order valence-electron chi connectivity index (χ2n) is 14.9. The Balaban J connectivity index is 1.40. The molecule has 0 bridgehead atoms. The minimum absolute atomic E-state index is 0.215. The van der Waals surface area contributed by atoms with E-state index >= 15 is 0 Å². The Hall–Kier alpha value is -3.02. The van der Waals surface area contributed by atoms with Gasteiger partial charge in [-0.3, -0.25) is 9.11 Å². The standard InChI is InChI=1S/C40H51ClN2O6S2/c1-39(2)32-18-7-9-20-34(32)42(26-11-5-13-28-50(44,45)46)36(39)24-22-30-16-15-17-31(38(30)41)23-25-37-40(3,4)33-19-8-10-21-35(33)43(37)27-12-6-14-29-51(47,48)49/h7-10,18-25H,5-6,11-17,26-29H2,1-4H3,(H-,44,45,46,47,48,49)/p+1. The van der Waals surface area contributed by atoms with E-state index in [0.29, 0.717) is 25.7 Å². The van der Waals surface area contributed by atoms with Crippen LogP contribution in [0.25, 0.3) is 0 Å². The zero-order valence-corrected chi connectivity index (χ0v) is 32.6. The van der Waals surface area contributed by atoms with Crippen LogP contribution >= 0.6 is 11.6 Å². The molecular formula is C40H52ClN2O6S2+. The highest BCUT2D eigenvalue weighted by atomic mass is 35.5. The molecular weight excluding hydrogens is 704 g/mol. The molecule has 0 atom stereocenters. The third-order valence-electron chi connectivity index (χ3n) is 10.5. The van der Waals surface area contributed by atoms with Gasteiger partial charge in [-0.25, -0.2) is 0 Å². The van der Waals surface area contributed by atoms with Gasteiger partial charge in [0, 0.05) is 52.5 Å². The number of hydrogen-bond acceptors (Lipinski definition) is 5. The first-order valence-electron chi connectivity index (χ1n) is 18.0. The molecule has 2 aromatic carbocycles. The lowest BCUT2D eigenvalue weighted by atomic mass is 9.81. The van der Waals surface area contributed by atoms with E-state index in [1.807, 2.05) is 12.1 Å². The molecule has 8 nitrogen and oxygen atoms in total. The van der Waals surface area contributed by atoms with Crippen LogP contribution < -0.4 is 4.90 Å². The normalized spacial score (nSPS) is 20.3. The lowest BCUT2D eigenvalue weighted by molar-refractivity contribution is -0.438. The monoisotopic (exact) mass is 755 g/mol. The first-order chi connectivity index (χ1) is 24.0. The molecule has 276 valence electrons. The Morgan fingerprint density at radius 1 is 0.765 bits per heavy atom. The van der Waals surface area contributed by atoms with Gasteiger partial charge in [0.25, 0.3) is 20.2 Å². The van der Waals surface area contributed by atoms with Crippen molar-refractivity contribution >= 4 is 48.9 Å². The molecule has 2 heterocycles. The topological polar surface area (TPSA) is 115 Å². The molecule has 0 aromatic heterocycles. The quantitative estimate of drug-likeness (QED) is 0.106. The van der Waals surface area contributed by atoms with Gasteiger partial charge in [-0.15, -0.1) is 0 Å². The molecule has 0 spiro atoms. The van der Waals surface area contributed by atoms with Crippen LogP contribution in [0.1, 0.15) is 96.6 Å². The summed E-state index contributed by atoms with van der Waals surface area (Å²) in [7, 11) is -7.91. The van der Waals surface area contributed by atoms with Crippen molar-refractivity contribution in [1.82, 2.24) is 0 Å². The van der Waals surface area contributed by atoms with Crippen LogP contribution in [-0.4, -0.2) is 60.8 Å². The largest absolute Gasteiger partial charge is 0.344 e. The van der Waals surface area contributed by atoms with Crippen molar-refractivity contribution in [1.29, 1.82) is 0 Å². The van der Waals surface area contributed by atoms with Crippen molar-refractivity contribution in [3.8, 4) is 0 Å². The van der Waals surface area contributed by atoms with E-state index in [4.69, 9.17) is 20.7 Å². The lowest BCUT2D eigenvalue weighted by Crippen LogP contribution is -2.28. The number of para-hydroxylation sites is 2. The fourth-order valence-corrected chi connectivity index (χ4v) is 9.25. The zero-order chi connectivity index (χ0) is 37.0. The number of allylic oxidation sites excluding steroid dienone is 8. The highest BCUT2D eigenvalue weighted by Gasteiger charge is 2.44. The van der Waals surface area contributed by atoms with Crippen molar-refractivity contribution in [2.24, 2.45) is 0 Å². The van der Waals surface area contributed by atoms with E-state index < -0.39 is 20.2 Å². The fraction of sp³-hybridized carbons (Fsp3) is 0.475. The third-order valence-corrected chi connectivity index (χ3v) is 12.6. The van der Waals surface area contributed by atoms with Crippen LogP contribution in [0.15, 0.2) is 94.7 Å². The maximum atomic E-state index is 11.2. The molecule has 0 unspecified atom stereocenters. The molecule has 0 radical (unpaired) electrons. The number of nitrogens with zero attached hydrogens (tertiary/aromatic N) is 2. The third kappa shape index (κ3) is 9.32. The van der Waals surface area contributed by atoms with Crippen LogP contribution in [-0.2, 0) is 31.1 Å². The van der Waals surface area contributed by atoms with E-state index in [2.05, 4.69) is 97.9 Å². The maximum Gasteiger partial charge on any atom is 0.264 e. The first-order valence-corrected chi connectivity index (χ1v) is 21.6. The summed E-state index contributed by atoms with van der Waals surface area (Å²) in [6, 6.07) is 16.9. The minimum Gasteiger partial charge on any atom is -0.344 e. The predicted molar refractivity (Wildman–Crippen MR) is 209 cm³/mol. The van der Waals surface area contributed by atoms with Gasteiger partial charge in [0.1, 0.15) is 6.54 Å². The number of hydrogen-bond donors (Lipinski definition) is 2. The van der Waals surface area contributed by atoms with E-state index in [0.717, 1.165) is 72.7 Å². The highest BCUT2D eigenvalue weighted by molar-refractivity contribution is 7.86. The van der Waals surface area contributed by atoms with Crippen molar-refractivity contribution < 1.29 is 30.5 Å². The second kappa shape index (κ2) is 15.9. The smallest absolute Gasteiger partial charge is 0.264 e. The summed E-state index contributed by atoms with van der Waals surface area (Å²) in [6.45, 7) is 10.4. The average molecular weight is 756 g/mol. The number of benzene rings is 2. The van der Waals surface area contributed by atoms with Crippen LogP contribution in [0.2, 0.25) is 0 Å². The number of fused-ring (bicyclic) bond motifs is 2. The zero-order valence-electron chi connectivity index (χ0n) is 30.2. The Morgan fingerprint density at radius 2 is 1.39 bits per heavy atom. The molecule has 0 amide bonds. The van der Waals surface area contributed by atoms with Crippen LogP contribution in [0.5, 0.6) is 0 Å². The molecule has 3 aliphatic rings. The molecule has 11 heteroatoms. The van der Waals surface area contributed by atoms with Gasteiger partial charge in [0.15, 0.2) is 5.71 Å². The maximum absolute atomic E-state index is 11.2. The minimum atomic E-state index is -3.95. The molecule has 2 aliphatic heterocycles. The van der Waals surface area contributed by atoms with Gasteiger partial charge in [0.2, 0.25) is 5.69 Å². The van der Waals surface area contributed by atoms with Gasteiger partial charge in [0.05, 0.1) is 16.9 Å². The molecule has 51 heavy (non-hydrogen) atoms. The average Bonchev–Trinajstić information content (AvgIpc) is 3.40. The van der Waals surface area contributed by atoms with E-state index in [1.165, 1.54) is 22.5 Å². The summed E-state index contributed by atoms with van der Waals surface area (Å²) in [5.74, 6) is -0.431. The van der Waals surface area contributed by atoms with Crippen LogP contribution in [0, 0.1) is 0 Å². The fourth-order valence-electron chi connectivity index (χ4n) is 7.79. The van der Waals surface area contributed by atoms with Crippen molar-refractivity contribution in [2.75, 3.05) is 29.5 Å². The number of anilines is 1. The number of halogens is 1. The van der Waals surface area contributed by atoms with Crippen LogP contribution in [0.4, 0.5) is 11.4 Å². The molecule has 0 fully saturated rings. The lowest BCUT2D eigenvalue weighted by Gasteiger charge is -2.27. The van der Waals surface area contributed by atoms with Gasteiger partial charge < -0.3 is 4.90 Å². The number of unbranched alkanes of at least 4 members (excludes halogenated alkanes) is 4. The Bertz CT molecular complexity index is 2010. The van der Waals surface area contributed by atoms with E-state index in [1.54, 1.807) is 0 Å². The SMILES string of the molecule is CC1(C)C(=CC=C2CCCC(C=CC3=[N+](CCCCCS(=O)(=O)O)c4ccccc4C3(C)C)=C2Cl)N(CCCCCS(=O)(=O)O)c2ccccc21. The van der Waals surface area contributed by atoms with Crippen molar-refractivity contribution in [3.05, 3.63) is 106 Å². The Kier molecular flexibility index (Phi) is 12.2. The van der Waals surface area contributed by atoms with E-state index in [9.17, 15) is 16.8 Å². The summed E-state index contributed by atoms with van der Waals surface area (Å²) in [4.78, 5) is 2.34. The second-order valence-corrected chi connectivity index (χ2v) is 18.5. The molecule has 2 N–H and O–H groups in total. The molecule has 2 aromatic rings. The van der Waals surface area contributed by atoms with Gasteiger partial charge >= 0.3 is 0 Å².